The highest BCUT2D eigenvalue weighted by atomic mass is 16.3. The number of benzene rings is 1. The van der Waals surface area contributed by atoms with E-state index in [2.05, 4.69) is 11.9 Å². The topological polar surface area (TPSA) is 43.1 Å². The van der Waals surface area contributed by atoms with Gasteiger partial charge in [0.25, 0.3) is 0 Å². The number of hydrogen-bond acceptors (Lipinski definition) is 3. The maximum atomic E-state index is 12.0. The average molecular weight is 251 g/mol. The van der Waals surface area contributed by atoms with Gasteiger partial charge in [0.15, 0.2) is 11.1 Å². The van der Waals surface area contributed by atoms with Crippen LogP contribution in [0.25, 0.3) is 22.4 Å². The molecule has 0 aliphatic rings. The average Bonchev–Trinajstić information content (AvgIpc) is 2.42. The molecule has 0 radical (unpaired) electrons. The zero-order valence-corrected chi connectivity index (χ0v) is 10.8. The van der Waals surface area contributed by atoms with Gasteiger partial charge in [-0.15, -0.1) is 0 Å². The van der Waals surface area contributed by atoms with Crippen LogP contribution < -0.4 is 5.43 Å². The van der Waals surface area contributed by atoms with E-state index >= 15 is 0 Å². The van der Waals surface area contributed by atoms with Crippen molar-refractivity contribution < 1.29 is 4.42 Å². The summed E-state index contributed by atoms with van der Waals surface area (Å²) in [7, 11) is 0. The van der Waals surface area contributed by atoms with Gasteiger partial charge in [0, 0.05) is 17.8 Å². The summed E-state index contributed by atoms with van der Waals surface area (Å²) in [5.74, 6) is 0.577. The number of pyridine rings is 1. The Kier molecular flexibility index (Phi) is 2.67. The van der Waals surface area contributed by atoms with Crippen molar-refractivity contribution in [3.05, 3.63) is 63.9 Å². The van der Waals surface area contributed by atoms with Gasteiger partial charge >= 0.3 is 0 Å². The lowest BCUT2D eigenvalue weighted by molar-refractivity contribution is 0.617. The van der Waals surface area contributed by atoms with Crippen LogP contribution in [0, 0.1) is 13.8 Å². The Morgan fingerprint density at radius 2 is 1.89 bits per heavy atom. The third kappa shape index (κ3) is 2.03. The smallest absolute Gasteiger partial charge is 0.211 e. The Labute approximate surface area is 110 Å². The molecular formula is C16H13NO2. The van der Waals surface area contributed by atoms with Crippen LogP contribution in [0.4, 0.5) is 0 Å². The lowest BCUT2D eigenvalue weighted by Crippen LogP contribution is -2.02. The molecule has 94 valence electrons. The largest absolute Gasteiger partial charge is 0.454 e. The van der Waals surface area contributed by atoms with Gasteiger partial charge in [0.1, 0.15) is 5.76 Å². The fourth-order valence-corrected chi connectivity index (χ4v) is 2.03. The van der Waals surface area contributed by atoms with Crippen LogP contribution in [0.15, 0.2) is 51.8 Å². The van der Waals surface area contributed by atoms with Gasteiger partial charge in [0.05, 0.1) is 0 Å². The summed E-state index contributed by atoms with van der Waals surface area (Å²) in [6.45, 7) is 4.10. The molecule has 19 heavy (non-hydrogen) atoms. The molecule has 3 heteroatoms. The first-order valence-corrected chi connectivity index (χ1v) is 6.11. The standard InChI is InChI=1S/C16H13NO2/c1-10-5-6-12(8-11(10)2)15-9-13(18)16-14(19-15)4-3-7-17-16/h3-9H,1-2H3. The molecule has 2 heterocycles. The molecular weight excluding hydrogens is 238 g/mol. The van der Waals surface area contributed by atoms with Gasteiger partial charge < -0.3 is 4.42 Å². The number of hydrogen-bond donors (Lipinski definition) is 0. The van der Waals surface area contributed by atoms with Crippen LogP contribution in [0.5, 0.6) is 0 Å². The number of aryl methyl sites for hydroxylation is 2. The van der Waals surface area contributed by atoms with Crippen LogP contribution in [0.2, 0.25) is 0 Å². The van der Waals surface area contributed by atoms with Gasteiger partial charge in [-0.2, -0.15) is 0 Å². The summed E-state index contributed by atoms with van der Waals surface area (Å²) < 4.78 is 5.76. The van der Waals surface area contributed by atoms with Crippen molar-refractivity contribution in [2.45, 2.75) is 13.8 Å². The minimum absolute atomic E-state index is 0.116. The van der Waals surface area contributed by atoms with E-state index in [4.69, 9.17) is 4.42 Å². The highest BCUT2D eigenvalue weighted by Gasteiger charge is 2.07. The minimum Gasteiger partial charge on any atom is -0.454 e. The van der Waals surface area contributed by atoms with Crippen LogP contribution in [0.1, 0.15) is 11.1 Å². The summed E-state index contributed by atoms with van der Waals surface area (Å²) in [5.41, 5.74) is 4.07. The first-order chi connectivity index (χ1) is 9.15. The first kappa shape index (κ1) is 11.7. The van der Waals surface area contributed by atoms with Crippen LogP contribution in [-0.4, -0.2) is 4.98 Å². The van der Waals surface area contributed by atoms with Crippen molar-refractivity contribution >= 4 is 11.1 Å². The summed E-state index contributed by atoms with van der Waals surface area (Å²) in [4.78, 5) is 16.0. The second-order valence-electron chi connectivity index (χ2n) is 4.62. The summed E-state index contributed by atoms with van der Waals surface area (Å²) in [6.07, 6.45) is 1.59. The van der Waals surface area contributed by atoms with Crippen molar-refractivity contribution in [3.63, 3.8) is 0 Å². The minimum atomic E-state index is -0.116. The van der Waals surface area contributed by atoms with Gasteiger partial charge in [-0.05, 0) is 43.2 Å². The van der Waals surface area contributed by atoms with Crippen molar-refractivity contribution in [3.8, 4) is 11.3 Å². The van der Waals surface area contributed by atoms with Crippen molar-refractivity contribution in [1.29, 1.82) is 0 Å². The molecule has 0 unspecified atom stereocenters. The SMILES string of the molecule is Cc1ccc(-c2cc(=O)c3ncccc3o2)cc1C. The molecule has 3 aromatic rings. The molecule has 0 atom stereocenters. The zero-order valence-electron chi connectivity index (χ0n) is 10.8. The van der Waals surface area contributed by atoms with E-state index in [9.17, 15) is 4.79 Å². The van der Waals surface area contributed by atoms with Gasteiger partial charge in [-0.25, -0.2) is 4.98 Å². The normalized spacial score (nSPS) is 10.8. The van der Waals surface area contributed by atoms with Crippen molar-refractivity contribution in [2.24, 2.45) is 0 Å². The Balaban J connectivity index is 2.25. The predicted molar refractivity (Wildman–Crippen MR) is 75.2 cm³/mol. The molecule has 0 aliphatic carbocycles. The molecule has 0 spiro atoms. The van der Waals surface area contributed by atoms with Crippen LogP contribution >= 0.6 is 0 Å². The Morgan fingerprint density at radius 3 is 2.68 bits per heavy atom. The molecule has 0 saturated heterocycles. The Morgan fingerprint density at radius 1 is 1.05 bits per heavy atom. The molecule has 0 saturated carbocycles. The molecule has 3 nitrogen and oxygen atoms in total. The number of fused-ring (bicyclic) bond motifs is 1. The molecule has 0 amide bonds. The molecule has 3 rings (SSSR count). The number of nitrogens with zero attached hydrogens (tertiary/aromatic N) is 1. The third-order valence-electron chi connectivity index (χ3n) is 3.28. The van der Waals surface area contributed by atoms with Crippen LogP contribution in [-0.2, 0) is 0 Å². The highest BCUT2D eigenvalue weighted by molar-refractivity contribution is 5.74. The second kappa shape index (κ2) is 4.35. The Hall–Kier alpha value is -2.42. The van der Waals surface area contributed by atoms with E-state index in [0.717, 1.165) is 5.56 Å². The molecule has 0 fully saturated rings. The predicted octanol–water partition coefficient (Wildman–Crippen LogP) is 3.47. The van der Waals surface area contributed by atoms with Crippen LogP contribution in [0.3, 0.4) is 0 Å². The third-order valence-corrected chi connectivity index (χ3v) is 3.28. The fraction of sp³-hybridized carbons (Fsp3) is 0.125. The quantitative estimate of drug-likeness (QED) is 0.665. The van der Waals surface area contributed by atoms with E-state index in [1.165, 1.54) is 17.2 Å². The fourth-order valence-electron chi connectivity index (χ4n) is 2.03. The second-order valence-corrected chi connectivity index (χ2v) is 4.62. The monoisotopic (exact) mass is 251 g/mol. The summed E-state index contributed by atoms with van der Waals surface area (Å²) in [6, 6.07) is 11.0. The zero-order chi connectivity index (χ0) is 13.4. The maximum absolute atomic E-state index is 12.0. The van der Waals surface area contributed by atoms with E-state index in [-0.39, 0.29) is 5.43 Å². The number of rotatable bonds is 1. The van der Waals surface area contributed by atoms with Gasteiger partial charge in [-0.3, -0.25) is 4.79 Å². The summed E-state index contributed by atoms with van der Waals surface area (Å²) in [5, 5.41) is 0. The van der Waals surface area contributed by atoms with E-state index in [1.807, 2.05) is 25.1 Å². The lowest BCUT2D eigenvalue weighted by Gasteiger charge is -2.05. The van der Waals surface area contributed by atoms with E-state index in [1.54, 1.807) is 18.3 Å². The molecule has 0 N–H and O–H groups in total. The first-order valence-electron chi connectivity index (χ1n) is 6.11. The van der Waals surface area contributed by atoms with Gasteiger partial charge in [0.2, 0.25) is 5.43 Å². The Bertz CT molecular complexity index is 818. The maximum Gasteiger partial charge on any atom is 0.211 e. The molecule has 0 aliphatic heterocycles. The number of aromatic nitrogens is 1. The lowest BCUT2D eigenvalue weighted by atomic mass is 10.0. The molecule has 0 bridgehead atoms. The molecule has 2 aromatic heterocycles. The van der Waals surface area contributed by atoms with E-state index in [0.29, 0.717) is 16.9 Å². The summed E-state index contributed by atoms with van der Waals surface area (Å²) >= 11 is 0. The highest BCUT2D eigenvalue weighted by Crippen LogP contribution is 2.23. The van der Waals surface area contributed by atoms with Crippen molar-refractivity contribution in [1.82, 2.24) is 4.98 Å². The molecule has 1 aromatic carbocycles. The van der Waals surface area contributed by atoms with E-state index < -0.39 is 0 Å². The van der Waals surface area contributed by atoms with Crippen molar-refractivity contribution in [2.75, 3.05) is 0 Å². The van der Waals surface area contributed by atoms with Gasteiger partial charge in [-0.1, -0.05) is 12.1 Å².